The highest BCUT2D eigenvalue weighted by Crippen LogP contribution is 2.36. The highest BCUT2D eigenvalue weighted by molar-refractivity contribution is 7.13. The van der Waals surface area contributed by atoms with E-state index in [9.17, 15) is 4.39 Å². The van der Waals surface area contributed by atoms with Gasteiger partial charge in [-0.25, -0.2) is 9.37 Å². The SMILES string of the molecule is Fc1ccc(OCCCN2CN(Cc3csc(Cl)n3)c3ccccc32)cc1. The van der Waals surface area contributed by atoms with Crippen LogP contribution in [0.25, 0.3) is 0 Å². The Kier molecular flexibility index (Phi) is 5.45. The molecule has 2 heterocycles. The number of aromatic nitrogens is 1. The first-order valence-corrected chi connectivity index (χ1v) is 10.0. The van der Waals surface area contributed by atoms with Crippen LogP contribution >= 0.6 is 22.9 Å². The average Bonchev–Trinajstić information content (AvgIpc) is 3.24. The van der Waals surface area contributed by atoms with Gasteiger partial charge < -0.3 is 14.5 Å². The summed E-state index contributed by atoms with van der Waals surface area (Å²) in [5.74, 6) is 0.442. The Balaban J connectivity index is 1.35. The van der Waals surface area contributed by atoms with Gasteiger partial charge in [-0.2, -0.15) is 0 Å². The monoisotopic (exact) mass is 403 g/mol. The zero-order chi connectivity index (χ0) is 18.6. The number of nitrogens with zero attached hydrogens (tertiary/aromatic N) is 3. The topological polar surface area (TPSA) is 28.6 Å². The van der Waals surface area contributed by atoms with Crippen LogP contribution in [-0.4, -0.2) is 24.8 Å². The van der Waals surface area contributed by atoms with Gasteiger partial charge in [0.05, 0.1) is 36.9 Å². The maximum absolute atomic E-state index is 12.9. The van der Waals surface area contributed by atoms with E-state index in [0.717, 1.165) is 31.9 Å². The third-order valence-electron chi connectivity index (χ3n) is 4.44. The van der Waals surface area contributed by atoms with Gasteiger partial charge >= 0.3 is 0 Å². The zero-order valence-electron chi connectivity index (χ0n) is 14.6. The molecule has 0 aliphatic carbocycles. The number of halogens is 2. The van der Waals surface area contributed by atoms with Crippen LogP contribution in [-0.2, 0) is 6.54 Å². The minimum Gasteiger partial charge on any atom is -0.494 e. The summed E-state index contributed by atoms with van der Waals surface area (Å²) in [6.07, 6.45) is 0.877. The molecule has 0 bridgehead atoms. The summed E-state index contributed by atoms with van der Waals surface area (Å²) < 4.78 is 19.2. The summed E-state index contributed by atoms with van der Waals surface area (Å²) in [6, 6.07) is 14.5. The summed E-state index contributed by atoms with van der Waals surface area (Å²) in [5, 5.41) is 2.00. The highest BCUT2D eigenvalue weighted by atomic mass is 35.5. The molecule has 0 amide bonds. The van der Waals surface area contributed by atoms with Gasteiger partial charge in [0.1, 0.15) is 11.6 Å². The summed E-state index contributed by atoms with van der Waals surface area (Å²) in [5.41, 5.74) is 3.42. The van der Waals surface area contributed by atoms with E-state index in [2.05, 4.69) is 39.0 Å². The third kappa shape index (κ3) is 4.34. The number of ether oxygens (including phenoxy) is 1. The first-order valence-electron chi connectivity index (χ1n) is 8.76. The Morgan fingerprint density at radius 1 is 1.07 bits per heavy atom. The van der Waals surface area contributed by atoms with E-state index in [4.69, 9.17) is 16.3 Å². The van der Waals surface area contributed by atoms with Crippen LogP contribution in [0.5, 0.6) is 5.75 Å². The number of hydrogen-bond acceptors (Lipinski definition) is 5. The van der Waals surface area contributed by atoms with E-state index in [-0.39, 0.29) is 5.82 Å². The van der Waals surface area contributed by atoms with Gasteiger partial charge in [-0.1, -0.05) is 23.7 Å². The maximum Gasteiger partial charge on any atom is 0.183 e. The lowest BCUT2D eigenvalue weighted by molar-refractivity contribution is 0.311. The standard InChI is InChI=1S/C20H19ClFN3OS/c21-20-23-16(13-27-20)12-25-14-24(18-4-1-2-5-19(18)25)10-3-11-26-17-8-6-15(22)7-9-17/h1-2,4-9,13H,3,10-12,14H2. The number of rotatable bonds is 7. The third-order valence-corrected chi connectivity index (χ3v) is 5.46. The highest BCUT2D eigenvalue weighted by Gasteiger charge is 2.25. The molecular formula is C20H19ClFN3OS. The molecule has 0 unspecified atom stereocenters. The largest absolute Gasteiger partial charge is 0.494 e. The van der Waals surface area contributed by atoms with Gasteiger partial charge in [0.25, 0.3) is 0 Å². The van der Waals surface area contributed by atoms with Crippen LogP contribution < -0.4 is 14.5 Å². The maximum atomic E-state index is 12.9. The van der Waals surface area contributed by atoms with Gasteiger partial charge in [0.15, 0.2) is 4.47 Å². The predicted octanol–water partition coefficient (Wildman–Crippen LogP) is 5.19. The fourth-order valence-corrected chi connectivity index (χ4v) is 3.98. The van der Waals surface area contributed by atoms with Gasteiger partial charge in [-0.15, -0.1) is 11.3 Å². The fraction of sp³-hybridized carbons (Fsp3) is 0.250. The number of benzene rings is 2. The molecule has 0 N–H and O–H groups in total. The van der Waals surface area contributed by atoms with Crippen LogP contribution in [0.4, 0.5) is 15.8 Å². The molecule has 3 aromatic rings. The summed E-state index contributed by atoms with van der Waals surface area (Å²) in [7, 11) is 0. The number of thiazole rings is 1. The molecule has 1 aliphatic rings. The molecule has 27 heavy (non-hydrogen) atoms. The first kappa shape index (κ1) is 18.1. The van der Waals surface area contributed by atoms with Crippen molar-refractivity contribution >= 4 is 34.3 Å². The second-order valence-electron chi connectivity index (χ2n) is 6.34. The Morgan fingerprint density at radius 2 is 1.81 bits per heavy atom. The van der Waals surface area contributed by atoms with E-state index in [1.54, 1.807) is 12.1 Å². The van der Waals surface area contributed by atoms with Crippen molar-refractivity contribution in [1.29, 1.82) is 0 Å². The second-order valence-corrected chi connectivity index (χ2v) is 7.78. The molecule has 140 valence electrons. The minimum absolute atomic E-state index is 0.252. The molecular weight excluding hydrogens is 385 g/mol. The molecule has 0 radical (unpaired) electrons. The van der Waals surface area contributed by atoms with Gasteiger partial charge in [0.2, 0.25) is 0 Å². The quantitative estimate of drug-likeness (QED) is 0.507. The molecule has 0 fully saturated rings. The van der Waals surface area contributed by atoms with Crippen molar-refractivity contribution in [2.45, 2.75) is 13.0 Å². The first-order chi connectivity index (χ1) is 13.2. The number of hydrogen-bond donors (Lipinski definition) is 0. The van der Waals surface area contributed by atoms with E-state index < -0.39 is 0 Å². The fourth-order valence-electron chi connectivity index (χ4n) is 3.21. The van der Waals surface area contributed by atoms with Gasteiger partial charge in [-0.3, -0.25) is 0 Å². The van der Waals surface area contributed by atoms with E-state index in [1.807, 2.05) is 5.38 Å². The molecule has 0 saturated heterocycles. The van der Waals surface area contributed by atoms with Gasteiger partial charge in [0, 0.05) is 11.9 Å². The molecule has 1 aromatic heterocycles. The summed E-state index contributed by atoms with van der Waals surface area (Å²) in [4.78, 5) is 9.02. The Morgan fingerprint density at radius 3 is 2.52 bits per heavy atom. The molecule has 4 rings (SSSR count). The molecule has 1 aliphatic heterocycles. The molecule has 0 spiro atoms. The second kappa shape index (κ2) is 8.15. The van der Waals surface area contributed by atoms with Crippen LogP contribution in [0.15, 0.2) is 53.9 Å². The van der Waals surface area contributed by atoms with Crippen molar-refractivity contribution in [3.63, 3.8) is 0 Å². The zero-order valence-corrected chi connectivity index (χ0v) is 16.2. The molecule has 7 heteroatoms. The smallest absolute Gasteiger partial charge is 0.183 e. The molecule has 0 saturated carbocycles. The Bertz CT molecular complexity index is 902. The van der Waals surface area contributed by atoms with Gasteiger partial charge in [-0.05, 0) is 42.8 Å². The Labute approximate surface area is 166 Å². The number of anilines is 2. The predicted molar refractivity (Wildman–Crippen MR) is 108 cm³/mol. The van der Waals surface area contributed by atoms with Crippen molar-refractivity contribution in [2.75, 3.05) is 29.6 Å². The van der Waals surface area contributed by atoms with Crippen LogP contribution in [0, 0.1) is 5.82 Å². The minimum atomic E-state index is -0.252. The van der Waals surface area contributed by atoms with E-state index >= 15 is 0 Å². The lowest BCUT2D eigenvalue weighted by Crippen LogP contribution is -2.31. The van der Waals surface area contributed by atoms with Crippen LogP contribution in [0.3, 0.4) is 0 Å². The van der Waals surface area contributed by atoms with E-state index in [1.165, 1.54) is 34.8 Å². The summed E-state index contributed by atoms with van der Waals surface area (Å²) >= 11 is 7.42. The average molecular weight is 404 g/mol. The van der Waals surface area contributed by atoms with Crippen molar-refractivity contribution < 1.29 is 9.13 Å². The number of fused-ring (bicyclic) bond motifs is 1. The van der Waals surface area contributed by atoms with Crippen molar-refractivity contribution in [1.82, 2.24) is 4.98 Å². The van der Waals surface area contributed by atoms with Crippen LogP contribution in [0.2, 0.25) is 4.47 Å². The normalized spacial score (nSPS) is 13.1. The Hall–Kier alpha value is -2.31. The molecule has 0 atom stereocenters. The lowest BCUT2D eigenvalue weighted by Gasteiger charge is -2.21. The lowest BCUT2D eigenvalue weighted by atomic mass is 10.2. The summed E-state index contributed by atoms with van der Waals surface area (Å²) in [6.45, 7) is 3.02. The van der Waals surface area contributed by atoms with Crippen molar-refractivity contribution in [3.05, 3.63) is 69.9 Å². The van der Waals surface area contributed by atoms with Crippen molar-refractivity contribution in [2.24, 2.45) is 0 Å². The molecule has 2 aromatic carbocycles. The molecule has 4 nitrogen and oxygen atoms in total. The van der Waals surface area contributed by atoms with E-state index in [0.29, 0.717) is 16.8 Å². The number of para-hydroxylation sites is 2. The van der Waals surface area contributed by atoms with Crippen LogP contribution in [0.1, 0.15) is 12.1 Å². The van der Waals surface area contributed by atoms with Crippen molar-refractivity contribution in [3.8, 4) is 5.75 Å².